The van der Waals surface area contributed by atoms with Crippen molar-refractivity contribution in [2.75, 3.05) is 36.9 Å². The second kappa shape index (κ2) is 11.8. The monoisotopic (exact) mass is 555 g/mol. The Morgan fingerprint density at radius 2 is 1.80 bits per heavy atom. The van der Waals surface area contributed by atoms with Gasteiger partial charge in [0.15, 0.2) is 5.65 Å². The topological polar surface area (TPSA) is 136 Å². The molecule has 1 aliphatic carbocycles. The van der Waals surface area contributed by atoms with E-state index in [0.29, 0.717) is 49.5 Å². The van der Waals surface area contributed by atoms with Gasteiger partial charge in [-0.3, -0.25) is 9.78 Å². The van der Waals surface area contributed by atoms with Crippen molar-refractivity contribution in [2.24, 2.45) is 5.73 Å². The fourth-order valence-corrected chi connectivity index (χ4v) is 5.46. The Balaban J connectivity index is 1.28. The molecule has 1 aliphatic heterocycles. The van der Waals surface area contributed by atoms with E-state index in [-0.39, 0.29) is 18.0 Å². The molecule has 2 aliphatic rings. The summed E-state index contributed by atoms with van der Waals surface area (Å²) in [7, 11) is 0. The number of aromatic nitrogens is 5. The molecule has 1 amide bonds. The minimum atomic E-state index is -0.0230. The largest absolute Gasteiger partial charge is 0.382 e. The van der Waals surface area contributed by atoms with Crippen molar-refractivity contribution in [3.05, 3.63) is 54.5 Å². The fraction of sp³-hybridized carbons (Fsp3) is 0.433. The molecular formula is C30H37N9O2. The van der Waals surface area contributed by atoms with Crippen LogP contribution in [0.2, 0.25) is 0 Å². The van der Waals surface area contributed by atoms with Gasteiger partial charge in [0.2, 0.25) is 0 Å². The average Bonchev–Trinajstić information content (AvgIpc) is 3.42. The summed E-state index contributed by atoms with van der Waals surface area (Å²) >= 11 is 0. The van der Waals surface area contributed by atoms with Gasteiger partial charge in [0.05, 0.1) is 30.7 Å². The maximum absolute atomic E-state index is 12.9. The van der Waals surface area contributed by atoms with E-state index in [0.717, 1.165) is 53.7 Å². The molecule has 2 fully saturated rings. The molecule has 0 unspecified atom stereocenters. The van der Waals surface area contributed by atoms with Crippen LogP contribution in [0.5, 0.6) is 0 Å². The molecule has 0 aromatic carbocycles. The zero-order valence-corrected chi connectivity index (χ0v) is 23.6. The molecule has 4 aromatic heterocycles. The number of nitrogens with zero attached hydrogens (tertiary/aromatic N) is 6. The zero-order chi connectivity index (χ0) is 28.3. The lowest BCUT2D eigenvalue weighted by atomic mass is 9.91. The van der Waals surface area contributed by atoms with Crippen LogP contribution < -0.4 is 16.4 Å². The lowest BCUT2D eigenvalue weighted by Crippen LogP contribution is -2.40. The minimum absolute atomic E-state index is 0.0230. The summed E-state index contributed by atoms with van der Waals surface area (Å²) in [5, 5.41) is 12.6. The lowest BCUT2D eigenvalue weighted by Gasteiger charge is -2.28. The molecule has 4 aromatic rings. The molecule has 0 atom stereocenters. The van der Waals surface area contributed by atoms with Gasteiger partial charge < -0.3 is 26.0 Å². The Bertz CT molecular complexity index is 1500. The number of hydrogen-bond acceptors (Lipinski definition) is 9. The number of anilines is 3. The first-order chi connectivity index (χ1) is 19.9. The second-order valence-electron chi connectivity index (χ2n) is 11.1. The first-order valence-corrected chi connectivity index (χ1v) is 14.4. The van der Waals surface area contributed by atoms with Crippen molar-refractivity contribution in [3.63, 3.8) is 0 Å². The van der Waals surface area contributed by atoms with Crippen molar-refractivity contribution in [3.8, 4) is 11.3 Å². The summed E-state index contributed by atoms with van der Waals surface area (Å²) in [6.45, 7) is 6.50. The third-order valence-corrected chi connectivity index (χ3v) is 7.81. The van der Waals surface area contributed by atoms with Gasteiger partial charge in [-0.25, -0.2) is 14.6 Å². The number of nitrogens with two attached hydrogens (primary N) is 1. The Kier molecular flexibility index (Phi) is 7.80. The van der Waals surface area contributed by atoms with Crippen LogP contribution in [0.3, 0.4) is 0 Å². The number of carbonyl (C=O) groups excluding carboxylic acids is 1. The molecule has 11 heteroatoms. The number of carbonyl (C=O) groups is 1. The van der Waals surface area contributed by atoms with Crippen molar-refractivity contribution in [2.45, 2.75) is 57.7 Å². The van der Waals surface area contributed by atoms with Crippen LogP contribution in [-0.4, -0.2) is 73.9 Å². The normalized spacial score (nSPS) is 19.5. The van der Waals surface area contributed by atoms with Crippen molar-refractivity contribution in [1.29, 1.82) is 0 Å². The molecular weight excluding hydrogens is 518 g/mol. The van der Waals surface area contributed by atoms with Crippen LogP contribution in [0.15, 0.2) is 48.9 Å². The number of nitrogens with one attached hydrogen (secondary N) is 2. The molecule has 41 heavy (non-hydrogen) atoms. The van der Waals surface area contributed by atoms with Crippen LogP contribution in [0.25, 0.3) is 22.3 Å². The maximum Gasteiger partial charge on any atom is 0.255 e. The summed E-state index contributed by atoms with van der Waals surface area (Å²) in [6, 6.07) is 10.5. The predicted molar refractivity (Wildman–Crippen MR) is 159 cm³/mol. The summed E-state index contributed by atoms with van der Waals surface area (Å²) in [4.78, 5) is 28.9. The highest BCUT2D eigenvalue weighted by Crippen LogP contribution is 2.32. The van der Waals surface area contributed by atoms with Crippen LogP contribution >= 0.6 is 0 Å². The van der Waals surface area contributed by atoms with E-state index in [1.165, 1.54) is 0 Å². The van der Waals surface area contributed by atoms with E-state index in [1.807, 2.05) is 52.3 Å². The first-order valence-electron chi connectivity index (χ1n) is 14.4. The number of fused-ring (bicyclic) bond motifs is 1. The molecule has 6 rings (SSSR count). The van der Waals surface area contributed by atoms with Crippen molar-refractivity contribution in [1.82, 2.24) is 29.6 Å². The zero-order valence-electron chi connectivity index (χ0n) is 23.6. The molecule has 0 spiro atoms. The molecule has 1 saturated heterocycles. The van der Waals surface area contributed by atoms with Gasteiger partial charge in [-0.05, 0) is 63.8 Å². The Hall–Kier alpha value is -4.09. The fourth-order valence-electron chi connectivity index (χ4n) is 5.46. The minimum Gasteiger partial charge on any atom is -0.382 e. The molecule has 0 bridgehead atoms. The van der Waals surface area contributed by atoms with Crippen molar-refractivity contribution >= 4 is 34.3 Å². The van der Waals surface area contributed by atoms with E-state index in [4.69, 9.17) is 20.4 Å². The third kappa shape index (κ3) is 6.01. The second-order valence-corrected chi connectivity index (χ2v) is 11.1. The number of hydrogen-bond donors (Lipinski definition) is 3. The molecule has 0 radical (unpaired) electrons. The van der Waals surface area contributed by atoms with E-state index >= 15 is 0 Å². The smallest absolute Gasteiger partial charge is 0.255 e. The predicted octanol–water partition coefficient (Wildman–Crippen LogP) is 4.37. The molecule has 214 valence electrons. The summed E-state index contributed by atoms with van der Waals surface area (Å²) in [6.07, 6.45) is 9.30. The first kappa shape index (κ1) is 27.1. The van der Waals surface area contributed by atoms with E-state index in [1.54, 1.807) is 6.20 Å². The number of amides is 1. The highest BCUT2D eigenvalue weighted by atomic mass is 16.5. The maximum atomic E-state index is 12.9. The van der Waals surface area contributed by atoms with Crippen LogP contribution in [0, 0.1) is 0 Å². The van der Waals surface area contributed by atoms with Gasteiger partial charge in [-0.1, -0.05) is 0 Å². The number of pyridine rings is 3. The lowest BCUT2D eigenvalue weighted by molar-refractivity contribution is 0.0302. The van der Waals surface area contributed by atoms with Crippen LogP contribution in [0.1, 0.15) is 55.9 Å². The van der Waals surface area contributed by atoms with Gasteiger partial charge in [0.1, 0.15) is 11.6 Å². The highest BCUT2D eigenvalue weighted by Gasteiger charge is 2.22. The third-order valence-electron chi connectivity index (χ3n) is 7.81. The Morgan fingerprint density at radius 3 is 2.54 bits per heavy atom. The number of ether oxygens (including phenoxy) is 1. The van der Waals surface area contributed by atoms with Gasteiger partial charge >= 0.3 is 0 Å². The molecule has 5 heterocycles. The van der Waals surface area contributed by atoms with Gasteiger partial charge in [0.25, 0.3) is 5.91 Å². The van der Waals surface area contributed by atoms with Crippen LogP contribution in [-0.2, 0) is 4.74 Å². The quantitative estimate of drug-likeness (QED) is 0.304. The van der Waals surface area contributed by atoms with E-state index < -0.39 is 0 Å². The van der Waals surface area contributed by atoms with Gasteiger partial charge in [-0.2, -0.15) is 5.10 Å². The van der Waals surface area contributed by atoms with Gasteiger partial charge in [-0.15, -0.1) is 0 Å². The van der Waals surface area contributed by atoms with Crippen molar-refractivity contribution < 1.29 is 9.53 Å². The summed E-state index contributed by atoms with van der Waals surface area (Å²) in [5.41, 5.74) is 10.1. The Labute approximate surface area is 239 Å². The molecule has 11 nitrogen and oxygen atoms in total. The average molecular weight is 556 g/mol. The molecule has 1 saturated carbocycles. The summed E-state index contributed by atoms with van der Waals surface area (Å²) in [5.74, 6) is 1.34. The number of morpholine rings is 1. The van der Waals surface area contributed by atoms with E-state index in [9.17, 15) is 4.79 Å². The standard InChI is InChI=1S/C30H37N9O2/c1-19(2)39-29-20(17-34-39)4-10-27(37-29)36-28-15-26(35-23-7-5-22(31)6-8-23)24(18-33-28)25-9-3-21(16-32-25)30(40)38-11-13-41-14-12-38/h3-4,9-10,15-19,22-23H,5-8,11-14,31H2,1-2H3,(H2,33,35,36,37). The Morgan fingerprint density at radius 1 is 1.00 bits per heavy atom. The van der Waals surface area contributed by atoms with Crippen LogP contribution in [0.4, 0.5) is 17.3 Å². The number of rotatable bonds is 7. The van der Waals surface area contributed by atoms with Gasteiger partial charge in [0, 0.05) is 66.3 Å². The highest BCUT2D eigenvalue weighted by molar-refractivity contribution is 5.94. The SMILES string of the molecule is CC(C)n1ncc2ccc(Nc3cc(NC4CCC(N)CC4)c(-c4ccc(C(=O)N5CCOCC5)cn4)cn3)nc21. The molecule has 4 N–H and O–H groups in total. The van der Waals surface area contributed by atoms with E-state index in [2.05, 4.69) is 34.6 Å². The summed E-state index contributed by atoms with van der Waals surface area (Å²) < 4.78 is 7.29.